The van der Waals surface area contributed by atoms with Gasteiger partial charge >= 0.3 is 5.97 Å². The lowest BCUT2D eigenvalue weighted by Crippen LogP contribution is -2.57. The second-order valence-electron chi connectivity index (χ2n) is 7.06. The van der Waals surface area contributed by atoms with E-state index in [4.69, 9.17) is 5.73 Å². The largest absolute Gasteiger partial charge is 0.480 e. The van der Waals surface area contributed by atoms with Crippen LogP contribution in [0.5, 0.6) is 0 Å². The Morgan fingerprint density at radius 1 is 1.17 bits per heavy atom. The molecule has 130 valence electrons. The number of carboxylic acids is 1. The van der Waals surface area contributed by atoms with Crippen LogP contribution < -0.4 is 10.5 Å². The van der Waals surface area contributed by atoms with Crippen molar-refractivity contribution in [1.29, 1.82) is 0 Å². The zero-order valence-corrected chi connectivity index (χ0v) is 15.3. The van der Waals surface area contributed by atoms with E-state index >= 15 is 0 Å². The number of carboxylic acid groups (broad SMARTS) is 1. The highest BCUT2D eigenvalue weighted by molar-refractivity contribution is 7.89. The molecule has 7 heteroatoms. The van der Waals surface area contributed by atoms with Crippen LogP contribution in [0.3, 0.4) is 0 Å². The van der Waals surface area contributed by atoms with Gasteiger partial charge in [-0.25, -0.2) is 8.42 Å². The minimum atomic E-state index is -4.00. The molecule has 0 aliphatic carbocycles. The molecule has 0 heterocycles. The van der Waals surface area contributed by atoms with Crippen molar-refractivity contribution in [3.05, 3.63) is 28.8 Å². The Morgan fingerprint density at radius 3 is 1.96 bits per heavy atom. The maximum Gasteiger partial charge on any atom is 0.323 e. The molecule has 2 atom stereocenters. The molecule has 0 saturated carbocycles. The average molecular weight is 342 g/mol. The molecule has 0 amide bonds. The molecule has 1 aromatic rings. The second-order valence-corrected chi connectivity index (χ2v) is 8.71. The van der Waals surface area contributed by atoms with Crippen molar-refractivity contribution >= 4 is 16.0 Å². The molecule has 23 heavy (non-hydrogen) atoms. The Balaban J connectivity index is 3.31. The maximum absolute atomic E-state index is 12.7. The van der Waals surface area contributed by atoms with E-state index in [0.717, 1.165) is 5.56 Å². The van der Waals surface area contributed by atoms with Crippen LogP contribution in [-0.2, 0) is 14.8 Å². The van der Waals surface area contributed by atoms with Gasteiger partial charge < -0.3 is 10.8 Å². The second kappa shape index (κ2) is 6.59. The van der Waals surface area contributed by atoms with Gasteiger partial charge in [0.2, 0.25) is 10.0 Å². The Bertz CT molecular complexity index is 682. The fourth-order valence-electron chi connectivity index (χ4n) is 2.59. The molecule has 2 unspecified atom stereocenters. The van der Waals surface area contributed by atoms with Crippen LogP contribution in [0.2, 0.25) is 0 Å². The van der Waals surface area contributed by atoms with Crippen LogP contribution in [0.15, 0.2) is 17.0 Å². The monoisotopic (exact) mass is 342 g/mol. The van der Waals surface area contributed by atoms with Crippen LogP contribution in [0.4, 0.5) is 0 Å². The number of aryl methyl sites for hydroxylation is 3. The van der Waals surface area contributed by atoms with Gasteiger partial charge in [-0.1, -0.05) is 38.5 Å². The first-order valence-corrected chi connectivity index (χ1v) is 8.84. The van der Waals surface area contributed by atoms with Crippen molar-refractivity contribution in [3.63, 3.8) is 0 Å². The number of hydrogen-bond acceptors (Lipinski definition) is 4. The van der Waals surface area contributed by atoms with E-state index in [1.54, 1.807) is 46.8 Å². The van der Waals surface area contributed by atoms with Gasteiger partial charge in [-0.2, -0.15) is 4.72 Å². The van der Waals surface area contributed by atoms with Gasteiger partial charge in [0, 0.05) is 6.04 Å². The third-order valence-corrected chi connectivity index (χ3v) is 5.53. The zero-order valence-electron chi connectivity index (χ0n) is 14.5. The number of sulfonamides is 1. The van der Waals surface area contributed by atoms with Crippen molar-refractivity contribution in [2.45, 2.75) is 58.5 Å². The summed E-state index contributed by atoms with van der Waals surface area (Å²) >= 11 is 0. The minimum Gasteiger partial charge on any atom is -0.480 e. The molecule has 1 rings (SSSR count). The molecule has 0 radical (unpaired) electrons. The van der Waals surface area contributed by atoms with E-state index in [1.165, 1.54) is 0 Å². The van der Waals surface area contributed by atoms with E-state index in [1.807, 2.05) is 6.92 Å². The van der Waals surface area contributed by atoms with Crippen molar-refractivity contribution in [2.24, 2.45) is 11.1 Å². The smallest absolute Gasteiger partial charge is 0.323 e. The third kappa shape index (κ3) is 4.53. The predicted molar refractivity (Wildman–Crippen MR) is 89.8 cm³/mol. The molecular weight excluding hydrogens is 316 g/mol. The van der Waals surface area contributed by atoms with Crippen molar-refractivity contribution in [3.8, 4) is 0 Å². The van der Waals surface area contributed by atoms with Crippen LogP contribution >= 0.6 is 0 Å². The first kappa shape index (κ1) is 19.6. The summed E-state index contributed by atoms with van der Waals surface area (Å²) in [5, 5.41) is 9.39. The highest BCUT2D eigenvalue weighted by Gasteiger charge is 2.37. The molecule has 4 N–H and O–H groups in total. The van der Waals surface area contributed by atoms with Crippen LogP contribution in [0.1, 0.15) is 37.5 Å². The molecule has 0 spiro atoms. The maximum atomic E-state index is 12.7. The summed E-state index contributed by atoms with van der Waals surface area (Å²) < 4.78 is 27.7. The number of benzene rings is 1. The number of hydrogen-bond donors (Lipinski definition) is 3. The molecule has 0 bridgehead atoms. The van der Waals surface area contributed by atoms with E-state index in [0.29, 0.717) is 11.1 Å². The highest BCUT2D eigenvalue weighted by atomic mass is 32.2. The van der Waals surface area contributed by atoms with Gasteiger partial charge in [0.1, 0.15) is 6.04 Å². The minimum absolute atomic E-state index is 0.107. The Hall–Kier alpha value is -1.44. The summed E-state index contributed by atoms with van der Waals surface area (Å²) in [6, 6.07) is 1.23. The zero-order chi connectivity index (χ0) is 18.2. The van der Waals surface area contributed by atoms with Gasteiger partial charge in [-0.15, -0.1) is 0 Å². The number of nitrogens with one attached hydrogen (secondary N) is 1. The van der Waals surface area contributed by atoms with Gasteiger partial charge in [0.05, 0.1) is 4.90 Å². The standard InChI is InChI=1S/C16H26N2O4S/c1-9-7-10(2)13(11(3)8-9)23(21,22)18-12(15(19)20)14(17)16(4,5)6/h7-8,12,14,18H,17H2,1-6H3,(H,19,20). The summed E-state index contributed by atoms with van der Waals surface area (Å²) in [4.78, 5) is 11.6. The molecule has 0 saturated heterocycles. The molecule has 0 fully saturated rings. The molecule has 0 aliphatic heterocycles. The lowest BCUT2D eigenvalue weighted by Gasteiger charge is -2.32. The molecular formula is C16H26N2O4S. The quantitative estimate of drug-likeness (QED) is 0.755. The highest BCUT2D eigenvalue weighted by Crippen LogP contribution is 2.24. The molecule has 6 nitrogen and oxygen atoms in total. The van der Waals surface area contributed by atoms with Crippen LogP contribution in [-0.4, -0.2) is 31.6 Å². The van der Waals surface area contributed by atoms with E-state index in [2.05, 4.69) is 4.72 Å². The third-order valence-electron chi connectivity index (χ3n) is 3.78. The van der Waals surface area contributed by atoms with Crippen molar-refractivity contribution in [1.82, 2.24) is 4.72 Å². The SMILES string of the molecule is Cc1cc(C)c(S(=O)(=O)NC(C(=O)O)C(N)C(C)(C)C)c(C)c1. The average Bonchev–Trinajstić information content (AvgIpc) is 2.31. The lowest BCUT2D eigenvalue weighted by molar-refractivity contribution is -0.140. The number of rotatable bonds is 5. The first-order chi connectivity index (χ1) is 10.3. The van der Waals surface area contributed by atoms with Gasteiger partial charge in [-0.05, 0) is 37.3 Å². The summed E-state index contributed by atoms with van der Waals surface area (Å²) in [5.74, 6) is -1.29. The summed E-state index contributed by atoms with van der Waals surface area (Å²) in [5.41, 5.74) is 7.50. The predicted octanol–water partition coefficient (Wildman–Crippen LogP) is 1.72. The van der Waals surface area contributed by atoms with Gasteiger partial charge in [0.15, 0.2) is 0 Å². The van der Waals surface area contributed by atoms with E-state index in [9.17, 15) is 18.3 Å². The molecule has 0 aliphatic rings. The van der Waals surface area contributed by atoms with Crippen LogP contribution in [0, 0.1) is 26.2 Å². The van der Waals surface area contributed by atoms with Crippen molar-refractivity contribution in [2.75, 3.05) is 0 Å². The lowest BCUT2D eigenvalue weighted by atomic mass is 9.83. The molecule has 0 aromatic heterocycles. The molecule has 1 aromatic carbocycles. The first-order valence-electron chi connectivity index (χ1n) is 7.36. The normalized spacial score (nSPS) is 15.3. The van der Waals surface area contributed by atoms with E-state index < -0.39 is 33.5 Å². The fourth-order valence-corrected chi connectivity index (χ4v) is 4.26. The van der Waals surface area contributed by atoms with Gasteiger partial charge in [0.25, 0.3) is 0 Å². The summed E-state index contributed by atoms with van der Waals surface area (Å²) in [6.45, 7) is 10.6. The van der Waals surface area contributed by atoms with E-state index in [-0.39, 0.29) is 4.90 Å². The van der Waals surface area contributed by atoms with Crippen molar-refractivity contribution < 1.29 is 18.3 Å². The van der Waals surface area contributed by atoms with Crippen LogP contribution in [0.25, 0.3) is 0 Å². The number of aliphatic carboxylic acids is 1. The fraction of sp³-hybridized carbons (Fsp3) is 0.562. The summed E-state index contributed by atoms with van der Waals surface area (Å²) in [6.07, 6.45) is 0. The number of nitrogens with two attached hydrogens (primary N) is 1. The van der Waals surface area contributed by atoms with Gasteiger partial charge in [-0.3, -0.25) is 4.79 Å². The Morgan fingerprint density at radius 2 is 1.61 bits per heavy atom. The topological polar surface area (TPSA) is 109 Å². The Kier molecular flexibility index (Phi) is 5.61. The Labute approximate surface area is 138 Å². The number of carbonyl (C=O) groups is 1. The summed E-state index contributed by atoms with van der Waals surface area (Å²) in [7, 11) is -4.00.